The van der Waals surface area contributed by atoms with Crippen molar-refractivity contribution < 1.29 is 0 Å². The number of nitrogens with one attached hydrogen (secondary N) is 1. The summed E-state index contributed by atoms with van der Waals surface area (Å²) >= 11 is 2.00. The van der Waals surface area contributed by atoms with Gasteiger partial charge in [0, 0.05) is 35.5 Å². The zero-order valence-electron chi connectivity index (χ0n) is 11.6. The van der Waals surface area contributed by atoms with E-state index in [4.69, 9.17) is 0 Å². The van der Waals surface area contributed by atoms with Crippen molar-refractivity contribution in [1.29, 1.82) is 0 Å². The number of aromatic nitrogens is 2. The SMILES string of the molecule is CCNC(Cc1ccn(C)n1)c1cc2c(s1)CCC2. The van der Waals surface area contributed by atoms with E-state index in [0.29, 0.717) is 6.04 Å². The lowest BCUT2D eigenvalue weighted by atomic mass is 10.1. The van der Waals surface area contributed by atoms with E-state index in [1.807, 2.05) is 29.3 Å². The van der Waals surface area contributed by atoms with Crippen LogP contribution in [0.25, 0.3) is 0 Å². The Bertz CT molecular complexity index is 534. The monoisotopic (exact) mass is 275 g/mol. The summed E-state index contributed by atoms with van der Waals surface area (Å²) in [6, 6.07) is 4.95. The van der Waals surface area contributed by atoms with Crippen molar-refractivity contribution in [1.82, 2.24) is 15.1 Å². The van der Waals surface area contributed by atoms with Crippen LogP contribution in [-0.2, 0) is 26.3 Å². The van der Waals surface area contributed by atoms with Gasteiger partial charge in [-0.2, -0.15) is 5.10 Å². The number of rotatable bonds is 5. The van der Waals surface area contributed by atoms with E-state index in [9.17, 15) is 0 Å². The van der Waals surface area contributed by atoms with E-state index in [1.165, 1.54) is 29.8 Å². The van der Waals surface area contributed by atoms with E-state index in [2.05, 4.69) is 29.5 Å². The molecule has 0 aromatic carbocycles. The number of thiophene rings is 1. The predicted molar refractivity (Wildman–Crippen MR) is 79.7 cm³/mol. The second kappa shape index (κ2) is 5.47. The fraction of sp³-hybridized carbons (Fsp3) is 0.533. The van der Waals surface area contributed by atoms with Crippen LogP contribution in [0.2, 0.25) is 0 Å². The van der Waals surface area contributed by atoms with Crippen LogP contribution in [0.4, 0.5) is 0 Å². The second-order valence-corrected chi connectivity index (χ2v) is 6.41. The molecule has 0 spiro atoms. The lowest BCUT2D eigenvalue weighted by Crippen LogP contribution is -2.22. The highest BCUT2D eigenvalue weighted by atomic mass is 32.1. The summed E-state index contributed by atoms with van der Waals surface area (Å²) in [6.07, 6.45) is 6.89. The summed E-state index contributed by atoms with van der Waals surface area (Å²) < 4.78 is 1.88. The zero-order valence-corrected chi connectivity index (χ0v) is 12.5. The minimum atomic E-state index is 0.412. The van der Waals surface area contributed by atoms with Crippen molar-refractivity contribution >= 4 is 11.3 Å². The van der Waals surface area contributed by atoms with Crippen LogP contribution in [0.5, 0.6) is 0 Å². The third kappa shape index (κ3) is 2.74. The molecule has 0 bridgehead atoms. The third-order valence-corrected chi connectivity index (χ3v) is 5.09. The minimum Gasteiger partial charge on any atom is -0.309 e. The second-order valence-electron chi connectivity index (χ2n) is 5.25. The Balaban J connectivity index is 1.79. The summed E-state index contributed by atoms with van der Waals surface area (Å²) in [4.78, 5) is 3.09. The number of fused-ring (bicyclic) bond motifs is 1. The molecule has 0 fully saturated rings. The topological polar surface area (TPSA) is 29.9 Å². The molecule has 0 radical (unpaired) electrons. The van der Waals surface area contributed by atoms with Crippen molar-refractivity contribution in [2.24, 2.45) is 7.05 Å². The molecule has 0 amide bonds. The van der Waals surface area contributed by atoms with Gasteiger partial charge in [-0.05, 0) is 43.5 Å². The molecule has 102 valence electrons. The van der Waals surface area contributed by atoms with Crippen molar-refractivity contribution in [2.75, 3.05) is 6.54 Å². The molecular formula is C15H21N3S. The maximum absolute atomic E-state index is 4.50. The van der Waals surface area contributed by atoms with E-state index in [1.54, 1.807) is 10.4 Å². The van der Waals surface area contributed by atoms with Gasteiger partial charge in [-0.3, -0.25) is 4.68 Å². The van der Waals surface area contributed by atoms with Crippen LogP contribution in [-0.4, -0.2) is 16.3 Å². The van der Waals surface area contributed by atoms with Gasteiger partial charge in [0.05, 0.1) is 5.69 Å². The maximum atomic E-state index is 4.50. The summed E-state index contributed by atoms with van der Waals surface area (Å²) in [5.41, 5.74) is 2.76. The molecule has 1 N–H and O–H groups in total. The van der Waals surface area contributed by atoms with Gasteiger partial charge in [-0.1, -0.05) is 6.92 Å². The van der Waals surface area contributed by atoms with Gasteiger partial charge in [0.1, 0.15) is 0 Å². The molecule has 4 heteroatoms. The van der Waals surface area contributed by atoms with Gasteiger partial charge >= 0.3 is 0 Å². The zero-order chi connectivity index (χ0) is 13.2. The highest BCUT2D eigenvalue weighted by molar-refractivity contribution is 7.12. The molecule has 0 aliphatic heterocycles. The number of aryl methyl sites for hydroxylation is 3. The van der Waals surface area contributed by atoms with Crippen LogP contribution < -0.4 is 5.32 Å². The molecule has 1 aliphatic rings. The Morgan fingerprint density at radius 3 is 3.05 bits per heavy atom. The van der Waals surface area contributed by atoms with Crippen LogP contribution in [0.3, 0.4) is 0 Å². The van der Waals surface area contributed by atoms with Crippen LogP contribution >= 0.6 is 11.3 Å². The summed E-state index contributed by atoms with van der Waals surface area (Å²) in [7, 11) is 1.98. The quantitative estimate of drug-likeness (QED) is 0.909. The summed E-state index contributed by atoms with van der Waals surface area (Å²) in [5, 5.41) is 8.11. The first-order chi connectivity index (χ1) is 9.26. The molecule has 2 aromatic rings. The van der Waals surface area contributed by atoms with E-state index in [-0.39, 0.29) is 0 Å². The molecule has 3 nitrogen and oxygen atoms in total. The van der Waals surface area contributed by atoms with Gasteiger partial charge < -0.3 is 5.32 Å². The normalized spacial score (nSPS) is 15.7. The van der Waals surface area contributed by atoms with Crippen molar-refractivity contribution in [3.63, 3.8) is 0 Å². The number of hydrogen-bond donors (Lipinski definition) is 1. The standard InChI is InChI=1S/C15H21N3S/c1-3-16-13(10-12-7-8-18(2)17-12)15-9-11-5-4-6-14(11)19-15/h7-9,13,16H,3-6,10H2,1-2H3. The van der Waals surface area contributed by atoms with Gasteiger partial charge in [-0.25, -0.2) is 0 Å². The van der Waals surface area contributed by atoms with Crippen molar-refractivity contribution in [2.45, 2.75) is 38.6 Å². The molecule has 2 heterocycles. The molecule has 2 aromatic heterocycles. The van der Waals surface area contributed by atoms with Crippen LogP contribution in [0.15, 0.2) is 18.3 Å². The van der Waals surface area contributed by atoms with Crippen molar-refractivity contribution in [3.8, 4) is 0 Å². The Hall–Kier alpha value is -1.13. The first-order valence-corrected chi connectivity index (χ1v) is 7.91. The first-order valence-electron chi connectivity index (χ1n) is 7.09. The maximum Gasteiger partial charge on any atom is 0.0643 e. The Morgan fingerprint density at radius 2 is 2.37 bits per heavy atom. The molecule has 0 saturated carbocycles. The molecule has 1 aliphatic carbocycles. The van der Waals surface area contributed by atoms with E-state index in [0.717, 1.165) is 13.0 Å². The fourth-order valence-corrected chi connectivity index (χ4v) is 4.16. The van der Waals surface area contributed by atoms with Gasteiger partial charge in [0.2, 0.25) is 0 Å². The highest BCUT2D eigenvalue weighted by Crippen LogP contribution is 2.34. The average molecular weight is 275 g/mol. The Kier molecular flexibility index (Phi) is 3.71. The lowest BCUT2D eigenvalue weighted by molar-refractivity contribution is 0.547. The fourth-order valence-electron chi connectivity index (χ4n) is 2.82. The Morgan fingerprint density at radius 1 is 1.47 bits per heavy atom. The smallest absolute Gasteiger partial charge is 0.0643 e. The largest absolute Gasteiger partial charge is 0.309 e. The van der Waals surface area contributed by atoms with Crippen LogP contribution in [0, 0.1) is 0 Å². The van der Waals surface area contributed by atoms with E-state index < -0.39 is 0 Å². The first kappa shape index (κ1) is 12.9. The summed E-state index contributed by atoms with van der Waals surface area (Å²) in [6.45, 7) is 3.17. The molecule has 19 heavy (non-hydrogen) atoms. The number of nitrogens with zero attached hydrogens (tertiary/aromatic N) is 2. The number of hydrogen-bond acceptors (Lipinski definition) is 3. The van der Waals surface area contributed by atoms with Gasteiger partial charge in [0.25, 0.3) is 0 Å². The molecular weight excluding hydrogens is 254 g/mol. The number of likely N-dealkylation sites (N-methyl/N-ethyl adjacent to an activating group) is 1. The van der Waals surface area contributed by atoms with Crippen molar-refractivity contribution in [3.05, 3.63) is 39.3 Å². The third-order valence-electron chi connectivity index (χ3n) is 3.74. The average Bonchev–Trinajstić information content (AvgIpc) is 3.03. The van der Waals surface area contributed by atoms with Gasteiger partial charge in [0.15, 0.2) is 0 Å². The predicted octanol–water partition coefficient (Wildman–Crippen LogP) is 2.86. The molecule has 1 atom stereocenters. The minimum absolute atomic E-state index is 0.412. The Labute approximate surface area is 118 Å². The van der Waals surface area contributed by atoms with Gasteiger partial charge in [-0.15, -0.1) is 11.3 Å². The van der Waals surface area contributed by atoms with Crippen LogP contribution in [0.1, 0.15) is 40.4 Å². The molecule has 0 saturated heterocycles. The molecule has 3 rings (SSSR count). The summed E-state index contributed by atoms with van der Waals surface area (Å²) in [5.74, 6) is 0. The highest BCUT2D eigenvalue weighted by Gasteiger charge is 2.20. The molecule has 1 unspecified atom stereocenters. The van der Waals surface area contributed by atoms with E-state index >= 15 is 0 Å². The lowest BCUT2D eigenvalue weighted by Gasteiger charge is -2.15.